The Labute approximate surface area is 110 Å². The number of carbonyl (C=O) groups excluding carboxylic acids is 1. The summed E-state index contributed by atoms with van der Waals surface area (Å²) in [5, 5.41) is 0.000747. The van der Waals surface area contributed by atoms with Crippen LogP contribution >= 0.6 is 23.2 Å². The molecular weight excluding hydrogens is 264 g/mol. The molecule has 0 saturated carbocycles. The van der Waals surface area contributed by atoms with Gasteiger partial charge in [-0.25, -0.2) is 4.39 Å². The van der Waals surface area contributed by atoms with Crippen LogP contribution in [0.15, 0.2) is 18.2 Å². The summed E-state index contributed by atoms with van der Waals surface area (Å²) in [6.45, 7) is 3.67. The van der Waals surface area contributed by atoms with E-state index in [4.69, 9.17) is 23.2 Å². The average Bonchev–Trinajstić information content (AvgIpc) is 2.30. The van der Waals surface area contributed by atoms with Gasteiger partial charge in [0.2, 0.25) is 0 Å². The molecule has 0 unspecified atom stereocenters. The second-order valence-electron chi connectivity index (χ2n) is 4.44. The molecule has 0 spiro atoms. The number of alkyl halides is 1. The van der Waals surface area contributed by atoms with Crippen molar-refractivity contribution in [2.45, 2.75) is 19.4 Å². The van der Waals surface area contributed by atoms with Crippen molar-refractivity contribution < 1.29 is 9.18 Å². The average molecular weight is 278 g/mol. The van der Waals surface area contributed by atoms with Crippen molar-refractivity contribution >= 4 is 29.1 Å². The van der Waals surface area contributed by atoms with E-state index in [1.807, 2.05) is 13.8 Å². The van der Waals surface area contributed by atoms with Crippen LogP contribution in [0.3, 0.4) is 0 Å². The quantitative estimate of drug-likeness (QED) is 0.774. The zero-order valence-corrected chi connectivity index (χ0v) is 11.4. The topological polar surface area (TPSA) is 20.3 Å². The Hall–Kier alpha value is -0.800. The second-order valence-corrected chi connectivity index (χ2v) is 5.11. The second kappa shape index (κ2) is 5.23. The van der Waals surface area contributed by atoms with Crippen LogP contribution < -0.4 is 0 Å². The third-order valence-corrected chi connectivity index (χ3v) is 3.67. The van der Waals surface area contributed by atoms with Crippen LogP contribution in [0.25, 0.3) is 0 Å². The van der Waals surface area contributed by atoms with Gasteiger partial charge in [0.05, 0.1) is 10.6 Å². The third kappa shape index (κ3) is 3.11. The predicted octanol–water partition coefficient (Wildman–Crippen LogP) is 3.57. The van der Waals surface area contributed by atoms with Crippen molar-refractivity contribution in [3.8, 4) is 0 Å². The molecule has 0 aliphatic carbocycles. The number of carbonyl (C=O) groups is 1. The summed E-state index contributed by atoms with van der Waals surface area (Å²) in [7, 11) is 1.64. The lowest BCUT2D eigenvalue weighted by molar-refractivity contribution is 0.0659. The predicted molar refractivity (Wildman–Crippen MR) is 68.3 cm³/mol. The number of halogens is 3. The van der Waals surface area contributed by atoms with Crippen molar-refractivity contribution in [3.63, 3.8) is 0 Å². The molecule has 0 aliphatic heterocycles. The number of hydrogen-bond acceptors (Lipinski definition) is 1. The molecule has 2 nitrogen and oxygen atoms in total. The number of rotatable bonds is 3. The van der Waals surface area contributed by atoms with Gasteiger partial charge in [-0.05, 0) is 32.0 Å². The number of amides is 1. The maximum absolute atomic E-state index is 13.3. The standard InChI is InChI=1S/C12H14Cl2FNO/c1-12(2,7-13)16(3)11(17)8-4-5-9(14)10(15)6-8/h4-6H,7H2,1-3H3. The molecule has 0 fully saturated rings. The summed E-state index contributed by atoms with van der Waals surface area (Å²) in [6, 6.07) is 3.99. The van der Waals surface area contributed by atoms with Crippen LogP contribution in [-0.2, 0) is 0 Å². The molecule has 1 aromatic rings. The van der Waals surface area contributed by atoms with E-state index < -0.39 is 11.4 Å². The highest BCUT2D eigenvalue weighted by molar-refractivity contribution is 6.30. The highest BCUT2D eigenvalue weighted by Gasteiger charge is 2.27. The summed E-state index contributed by atoms with van der Waals surface area (Å²) >= 11 is 11.3. The van der Waals surface area contributed by atoms with Gasteiger partial charge in [-0.1, -0.05) is 11.6 Å². The lowest BCUT2D eigenvalue weighted by Gasteiger charge is -2.34. The van der Waals surface area contributed by atoms with Gasteiger partial charge in [-0.15, -0.1) is 11.6 Å². The summed E-state index contributed by atoms with van der Waals surface area (Å²) in [5.41, 5.74) is -0.234. The molecule has 5 heteroatoms. The van der Waals surface area contributed by atoms with Gasteiger partial charge in [-0.2, -0.15) is 0 Å². The minimum absolute atomic E-state index is 0.000747. The Morgan fingerprint density at radius 1 is 1.47 bits per heavy atom. The summed E-state index contributed by atoms with van der Waals surface area (Å²) < 4.78 is 13.3. The molecule has 1 amide bonds. The molecule has 0 aliphatic rings. The van der Waals surface area contributed by atoms with E-state index in [0.29, 0.717) is 5.88 Å². The summed E-state index contributed by atoms with van der Waals surface area (Å²) in [4.78, 5) is 13.6. The van der Waals surface area contributed by atoms with Gasteiger partial charge in [0.1, 0.15) is 5.82 Å². The van der Waals surface area contributed by atoms with Crippen molar-refractivity contribution in [1.82, 2.24) is 4.90 Å². The third-order valence-electron chi connectivity index (χ3n) is 2.71. The first kappa shape index (κ1) is 14.3. The fourth-order valence-corrected chi connectivity index (χ4v) is 1.48. The summed E-state index contributed by atoms with van der Waals surface area (Å²) in [5.74, 6) is -0.591. The Kier molecular flexibility index (Phi) is 4.39. The molecule has 0 N–H and O–H groups in total. The van der Waals surface area contributed by atoms with E-state index in [-0.39, 0.29) is 16.5 Å². The van der Waals surface area contributed by atoms with Crippen molar-refractivity contribution in [2.75, 3.05) is 12.9 Å². The molecule has 1 aromatic carbocycles. The highest BCUT2D eigenvalue weighted by atomic mass is 35.5. The molecule has 17 heavy (non-hydrogen) atoms. The first-order valence-corrected chi connectivity index (χ1v) is 6.00. The van der Waals surface area contributed by atoms with Crippen LogP contribution in [-0.4, -0.2) is 29.3 Å². The minimum atomic E-state index is -0.602. The molecule has 94 valence electrons. The van der Waals surface area contributed by atoms with Gasteiger partial charge in [0.15, 0.2) is 0 Å². The van der Waals surface area contributed by atoms with Crippen molar-refractivity contribution in [1.29, 1.82) is 0 Å². The lowest BCUT2D eigenvalue weighted by atomic mass is 10.0. The van der Waals surface area contributed by atoms with Crippen LogP contribution in [0, 0.1) is 5.82 Å². The van der Waals surface area contributed by atoms with Gasteiger partial charge >= 0.3 is 0 Å². The smallest absolute Gasteiger partial charge is 0.254 e. The van der Waals surface area contributed by atoms with Gasteiger partial charge in [0, 0.05) is 18.5 Å². The van der Waals surface area contributed by atoms with E-state index in [9.17, 15) is 9.18 Å². The highest BCUT2D eigenvalue weighted by Crippen LogP contribution is 2.20. The maximum atomic E-state index is 13.3. The molecule has 0 saturated heterocycles. The Balaban J connectivity index is 3.01. The fraction of sp³-hybridized carbons (Fsp3) is 0.417. The zero-order chi connectivity index (χ0) is 13.2. The molecular formula is C12H14Cl2FNO. The number of nitrogens with zero attached hydrogens (tertiary/aromatic N) is 1. The number of hydrogen-bond donors (Lipinski definition) is 0. The van der Waals surface area contributed by atoms with E-state index in [0.717, 1.165) is 6.07 Å². The van der Waals surface area contributed by atoms with Crippen LogP contribution in [0.2, 0.25) is 5.02 Å². The lowest BCUT2D eigenvalue weighted by Crippen LogP contribution is -2.46. The fourth-order valence-electron chi connectivity index (χ4n) is 1.19. The first-order valence-electron chi connectivity index (χ1n) is 5.09. The Bertz CT molecular complexity index is 435. The summed E-state index contributed by atoms with van der Waals surface area (Å²) in [6.07, 6.45) is 0. The minimum Gasteiger partial charge on any atom is -0.335 e. The first-order chi connectivity index (χ1) is 7.79. The van der Waals surface area contributed by atoms with E-state index >= 15 is 0 Å². The van der Waals surface area contributed by atoms with Crippen LogP contribution in [0.4, 0.5) is 4.39 Å². The van der Waals surface area contributed by atoms with E-state index in [2.05, 4.69) is 0 Å². The number of benzene rings is 1. The normalized spacial score (nSPS) is 11.4. The maximum Gasteiger partial charge on any atom is 0.254 e. The van der Waals surface area contributed by atoms with Gasteiger partial charge < -0.3 is 4.90 Å². The van der Waals surface area contributed by atoms with E-state index in [1.165, 1.54) is 17.0 Å². The monoisotopic (exact) mass is 277 g/mol. The van der Waals surface area contributed by atoms with Gasteiger partial charge in [0.25, 0.3) is 5.91 Å². The molecule has 0 radical (unpaired) electrons. The SMILES string of the molecule is CN(C(=O)c1ccc(Cl)c(F)c1)C(C)(C)CCl. The molecule has 1 rings (SSSR count). The van der Waals surface area contributed by atoms with Crippen LogP contribution in [0.5, 0.6) is 0 Å². The Morgan fingerprint density at radius 3 is 2.53 bits per heavy atom. The molecule has 0 atom stereocenters. The van der Waals surface area contributed by atoms with Crippen LogP contribution in [0.1, 0.15) is 24.2 Å². The molecule has 0 aromatic heterocycles. The largest absolute Gasteiger partial charge is 0.335 e. The van der Waals surface area contributed by atoms with E-state index in [1.54, 1.807) is 7.05 Å². The Morgan fingerprint density at radius 2 is 2.06 bits per heavy atom. The molecule has 0 bridgehead atoms. The molecule has 0 heterocycles. The van der Waals surface area contributed by atoms with Crippen molar-refractivity contribution in [2.24, 2.45) is 0 Å². The zero-order valence-electron chi connectivity index (χ0n) is 9.93. The van der Waals surface area contributed by atoms with Crippen molar-refractivity contribution in [3.05, 3.63) is 34.6 Å². The van der Waals surface area contributed by atoms with Gasteiger partial charge in [-0.3, -0.25) is 4.79 Å².